The van der Waals surface area contributed by atoms with E-state index in [9.17, 15) is 4.39 Å². The Morgan fingerprint density at radius 3 is 2.35 bits per heavy atom. The molecule has 0 fully saturated rings. The summed E-state index contributed by atoms with van der Waals surface area (Å²) in [5.74, 6) is 0.411. The van der Waals surface area contributed by atoms with Gasteiger partial charge in [-0.2, -0.15) is 0 Å². The van der Waals surface area contributed by atoms with Crippen LogP contribution in [0.15, 0.2) is 48.5 Å². The highest BCUT2D eigenvalue weighted by Gasteiger charge is 2.13. The lowest BCUT2D eigenvalue weighted by Crippen LogP contribution is -2.13. The molecule has 1 N–H and O–H groups in total. The maximum atomic E-state index is 13.7. The van der Waals surface area contributed by atoms with Crippen LogP contribution < -0.4 is 5.32 Å². The van der Waals surface area contributed by atoms with E-state index in [4.69, 9.17) is 0 Å². The first-order valence-electron chi connectivity index (χ1n) is 7.14. The van der Waals surface area contributed by atoms with E-state index in [0.29, 0.717) is 11.5 Å². The van der Waals surface area contributed by atoms with Gasteiger partial charge in [-0.25, -0.2) is 4.39 Å². The zero-order chi connectivity index (χ0) is 14.5. The zero-order valence-electron chi connectivity index (χ0n) is 12.4. The van der Waals surface area contributed by atoms with E-state index in [1.54, 1.807) is 13.0 Å². The van der Waals surface area contributed by atoms with Crippen LogP contribution in [-0.4, -0.2) is 0 Å². The number of rotatable bonds is 5. The minimum Gasteiger partial charge on any atom is -0.378 e. The van der Waals surface area contributed by atoms with Crippen molar-refractivity contribution in [2.24, 2.45) is 5.92 Å². The monoisotopic (exact) mass is 271 g/mol. The quantitative estimate of drug-likeness (QED) is 0.774. The van der Waals surface area contributed by atoms with Crippen molar-refractivity contribution < 1.29 is 4.39 Å². The molecule has 0 spiro atoms. The predicted octanol–water partition coefficient (Wildman–Crippen LogP) is 5.33. The first-order valence-corrected chi connectivity index (χ1v) is 7.14. The average Bonchev–Trinajstić information content (AvgIpc) is 2.43. The van der Waals surface area contributed by atoms with Crippen LogP contribution in [0, 0.1) is 18.7 Å². The van der Waals surface area contributed by atoms with Gasteiger partial charge in [0.25, 0.3) is 0 Å². The summed E-state index contributed by atoms with van der Waals surface area (Å²) in [6, 6.07) is 15.9. The van der Waals surface area contributed by atoms with Crippen LogP contribution in [0.4, 0.5) is 10.1 Å². The van der Waals surface area contributed by atoms with Gasteiger partial charge < -0.3 is 5.32 Å². The standard InChI is InChI=1S/C18H22FN/c1-13(2)11-18(15-7-5-4-6-8-15)20-16-10-9-14(3)17(19)12-16/h4-10,12-13,18,20H,11H2,1-3H3. The number of halogens is 1. The van der Waals surface area contributed by atoms with Crippen LogP contribution in [-0.2, 0) is 0 Å². The highest BCUT2D eigenvalue weighted by Crippen LogP contribution is 2.26. The van der Waals surface area contributed by atoms with Crippen LogP contribution >= 0.6 is 0 Å². The Morgan fingerprint density at radius 1 is 1.05 bits per heavy atom. The third-order valence-electron chi connectivity index (χ3n) is 3.42. The van der Waals surface area contributed by atoms with E-state index in [2.05, 4.69) is 31.3 Å². The second-order valence-corrected chi connectivity index (χ2v) is 5.70. The Morgan fingerprint density at radius 2 is 1.75 bits per heavy atom. The number of anilines is 1. The predicted molar refractivity (Wildman–Crippen MR) is 83.4 cm³/mol. The van der Waals surface area contributed by atoms with Gasteiger partial charge in [0.05, 0.1) is 6.04 Å². The Labute approximate surface area is 120 Å². The Bertz CT molecular complexity index is 549. The van der Waals surface area contributed by atoms with E-state index in [-0.39, 0.29) is 11.9 Å². The number of benzene rings is 2. The third-order valence-corrected chi connectivity index (χ3v) is 3.42. The second-order valence-electron chi connectivity index (χ2n) is 5.70. The summed E-state index contributed by atoms with van der Waals surface area (Å²) < 4.78 is 13.7. The molecule has 0 aliphatic heterocycles. The van der Waals surface area contributed by atoms with E-state index >= 15 is 0 Å². The van der Waals surface area contributed by atoms with Gasteiger partial charge in [-0.3, -0.25) is 0 Å². The van der Waals surface area contributed by atoms with Crippen molar-refractivity contribution in [2.75, 3.05) is 5.32 Å². The molecule has 2 aromatic carbocycles. The largest absolute Gasteiger partial charge is 0.378 e. The lowest BCUT2D eigenvalue weighted by Gasteiger charge is -2.22. The molecule has 0 amide bonds. The molecule has 106 valence electrons. The number of hydrogen-bond acceptors (Lipinski definition) is 1. The van der Waals surface area contributed by atoms with Crippen molar-refractivity contribution in [3.8, 4) is 0 Å². The lowest BCUT2D eigenvalue weighted by atomic mass is 9.96. The van der Waals surface area contributed by atoms with E-state index in [0.717, 1.165) is 12.1 Å². The maximum absolute atomic E-state index is 13.7. The third kappa shape index (κ3) is 3.83. The molecule has 0 bridgehead atoms. The smallest absolute Gasteiger partial charge is 0.128 e. The molecule has 2 heteroatoms. The highest BCUT2D eigenvalue weighted by molar-refractivity contribution is 5.47. The average molecular weight is 271 g/mol. The Balaban J connectivity index is 2.21. The topological polar surface area (TPSA) is 12.0 Å². The summed E-state index contributed by atoms with van der Waals surface area (Å²) >= 11 is 0. The van der Waals surface area contributed by atoms with Crippen molar-refractivity contribution in [3.05, 3.63) is 65.5 Å². The van der Waals surface area contributed by atoms with E-state index in [1.165, 1.54) is 5.56 Å². The van der Waals surface area contributed by atoms with Crippen molar-refractivity contribution in [2.45, 2.75) is 33.2 Å². The van der Waals surface area contributed by atoms with Crippen LogP contribution in [0.3, 0.4) is 0 Å². The molecule has 0 saturated heterocycles. The van der Waals surface area contributed by atoms with Gasteiger partial charge in [-0.1, -0.05) is 50.2 Å². The number of hydrogen-bond donors (Lipinski definition) is 1. The summed E-state index contributed by atoms with van der Waals surface area (Å²) in [5, 5.41) is 3.45. The van der Waals surface area contributed by atoms with Crippen molar-refractivity contribution in [1.82, 2.24) is 0 Å². The highest BCUT2D eigenvalue weighted by atomic mass is 19.1. The SMILES string of the molecule is Cc1ccc(NC(CC(C)C)c2ccccc2)cc1F. The molecule has 20 heavy (non-hydrogen) atoms. The van der Waals surface area contributed by atoms with Gasteiger partial charge in [0.2, 0.25) is 0 Å². The lowest BCUT2D eigenvalue weighted by molar-refractivity contribution is 0.530. The number of aryl methyl sites for hydroxylation is 1. The summed E-state index contributed by atoms with van der Waals surface area (Å²) in [5.41, 5.74) is 2.75. The summed E-state index contributed by atoms with van der Waals surface area (Å²) in [6.07, 6.45) is 1.01. The molecular formula is C18H22FN. The molecule has 1 atom stereocenters. The molecule has 0 aliphatic carbocycles. The Hall–Kier alpha value is -1.83. The van der Waals surface area contributed by atoms with Gasteiger partial charge in [0.1, 0.15) is 5.82 Å². The number of nitrogens with one attached hydrogen (secondary N) is 1. The van der Waals surface area contributed by atoms with Crippen molar-refractivity contribution in [3.63, 3.8) is 0 Å². The molecule has 2 aromatic rings. The van der Waals surface area contributed by atoms with Gasteiger partial charge in [-0.05, 0) is 42.5 Å². The zero-order valence-corrected chi connectivity index (χ0v) is 12.4. The van der Waals surface area contributed by atoms with Crippen LogP contribution in [0.25, 0.3) is 0 Å². The first-order chi connectivity index (χ1) is 9.56. The summed E-state index contributed by atoms with van der Waals surface area (Å²) in [7, 11) is 0. The Kier molecular flexibility index (Phi) is 4.78. The van der Waals surface area contributed by atoms with Gasteiger partial charge >= 0.3 is 0 Å². The van der Waals surface area contributed by atoms with Gasteiger partial charge in [0, 0.05) is 5.69 Å². The molecular weight excluding hydrogens is 249 g/mol. The molecule has 0 radical (unpaired) electrons. The fourth-order valence-electron chi connectivity index (χ4n) is 2.32. The van der Waals surface area contributed by atoms with Crippen molar-refractivity contribution >= 4 is 5.69 Å². The molecule has 1 nitrogen and oxygen atoms in total. The normalized spacial score (nSPS) is 12.4. The fraction of sp³-hybridized carbons (Fsp3) is 0.333. The summed E-state index contributed by atoms with van der Waals surface area (Å²) in [4.78, 5) is 0. The van der Waals surface area contributed by atoms with E-state index < -0.39 is 0 Å². The summed E-state index contributed by atoms with van der Waals surface area (Å²) in [6.45, 7) is 6.18. The second kappa shape index (κ2) is 6.56. The fourth-order valence-corrected chi connectivity index (χ4v) is 2.32. The van der Waals surface area contributed by atoms with Crippen LogP contribution in [0.2, 0.25) is 0 Å². The molecule has 0 aromatic heterocycles. The van der Waals surface area contributed by atoms with Crippen LogP contribution in [0.5, 0.6) is 0 Å². The minimum absolute atomic E-state index is 0.161. The van der Waals surface area contributed by atoms with Gasteiger partial charge in [0.15, 0.2) is 0 Å². The van der Waals surface area contributed by atoms with Gasteiger partial charge in [-0.15, -0.1) is 0 Å². The van der Waals surface area contributed by atoms with Crippen molar-refractivity contribution in [1.29, 1.82) is 0 Å². The molecule has 0 aliphatic rings. The maximum Gasteiger partial charge on any atom is 0.128 e. The van der Waals surface area contributed by atoms with Crippen LogP contribution in [0.1, 0.15) is 37.4 Å². The molecule has 1 unspecified atom stereocenters. The first kappa shape index (κ1) is 14.6. The minimum atomic E-state index is -0.161. The molecule has 0 heterocycles. The molecule has 0 saturated carbocycles. The molecule has 2 rings (SSSR count). The van der Waals surface area contributed by atoms with E-state index in [1.807, 2.05) is 30.3 Å².